The maximum Gasteiger partial charge on any atom is 0.419 e. The van der Waals surface area contributed by atoms with Crippen LogP contribution < -0.4 is 4.74 Å². The molecule has 24 heavy (non-hydrogen) atoms. The van der Waals surface area contributed by atoms with Crippen LogP contribution in [0.2, 0.25) is 0 Å². The first kappa shape index (κ1) is 18.4. The second kappa shape index (κ2) is 6.87. The third-order valence-corrected chi connectivity index (χ3v) is 4.40. The second-order valence-corrected chi connectivity index (χ2v) is 5.78. The first-order valence-corrected chi connectivity index (χ1v) is 7.90. The number of fused-ring (bicyclic) bond motifs is 1. The first-order chi connectivity index (χ1) is 11.2. The van der Waals surface area contributed by atoms with E-state index in [0.717, 1.165) is 6.07 Å². The Balaban J connectivity index is 2.64. The van der Waals surface area contributed by atoms with Gasteiger partial charge in [0.2, 0.25) is 0 Å². The SMILES string of the molecule is CCOC(=O)C1=C(C)c2cc(OC)c(C(F)(F)F)cc2CC1CC. The quantitative estimate of drug-likeness (QED) is 0.748. The van der Waals surface area contributed by atoms with Gasteiger partial charge < -0.3 is 9.47 Å². The molecule has 0 radical (unpaired) electrons. The fraction of sp³-hybridized carbons (Fsp3) is 0.500. The van der Waals surface area contributed by atoms with Crippen LogP contribution in [0.25, 0.3) is 5.57 Å². The maximum atomic E-state index is 13.2. The van der Waals surface area contributed by atoms with Gasteiger partial charge in [0.25, 0.3) is 0 Å². The lowest BCUT2D eigenvalue weighted by Gasteiger charge is -2.29. The molecular weight excluding hydrogens is 321 g/mol. The molecule has 0 aromatic heterocycles. The molecule has 0 N–H and O–H groups in total. The van der Waals surface area contributed by atoms with Crippen LogP contribution in [0.3, 0.4) is 0 Å². The summed E-state index contributed by atoms with van der Waals surface area (Å²) in [5.74, 6) is -0.781. The lowest BCUT2D eigenvalue weighted by molar-refractivity contribution is -0.140. The van der Waals surface area contributed by atoms with Gasteiger partial charge in [0.15, 0.2) is 0 Å². The van der Waals surface area contributed by atoms with Crippen molar-refractivity contribution in [2.75, 3.05) is 13.7 Å². The van der Waals surface area contributed by atoms with Crippen molar-refractivity contribution in [3.63, 3.8) is 0 Å². The molecule has 0 saturated heterocycles. The van der Waals surface area contributed by atoms with Gasteiger partial charge in [0, 0.05) is 5.57 Å². The van der Waals surface area contributed by atoms with Gasteiger partial charge in [-0.3, -0.25) is 0 Å². The van der Waals surface area contributed by atoms with E-state index in [0.29, 0.717) is 35.1 Å². The van der Waals surface area contributed by atoms with Gasteiger partial charge >= 0.3 is 12.1 Å². The highest BCUT2D eigenvalue weighted by atomic mass is 19.4. The summed E-state index contributed by atoms with van der Waals surface area (Å²) in [6, 6.07) is 2.51. The average molecular weight is 342 g/mol. The molecule has 6 heteroatoms. The van der Waals surface area contributed by atoms with Crippen molar-refractivity contribution >= 4 is 11.5 Å². The molecule has 1 aliphatic rings. The van der Waals surface area contributed by atoms with Crippen molar-refractivity contribution in [1.29, 1.82) is 0 Å². The lowest BCUT2D eigenvalue weighted by Crippen LogP contribution is -2.23. The van der Waals surface area contributed by atoms with Gasteiger partial charge in [-0.05, 0) is 61.4 Å². The molecule has 0 fully saturated rings. The zero-order valence-corrected chi connectivity index (χ0v) is 14.2. The standard InChI is InChI=1S/C18H21F3O3/c1-5-11-7-12-8-14(18(19,20)21)15(23-4)9-13(12)10(3)16(11)17(22)24-6-2/h8-9,11H,5-7H2,1-4H3. The summed E-state index contributed by atoms with van der Waals surface area (Å²) in [7, 11) is 1.21. The summed E-state index contributed by atoms with van der Waals surface area (Å²) >= 11 is 0. The minimum absolute atomic E-state index is 0.147. The summed E-state index contributed by atoms with van der Waals surface area (Å²) in [6.07, 6.45) is -3.45. The molecule has 0 heterocycles. The van der Waals surface area contributed by atoms with Crippen molar-refractivity contribution in [2.24, 2.45) is 5.92 Å². The average Bonchev–Trinajstić information content (AvgIpc) is 2.52. The van der Waals surface area contributed by atoms with Crippen LogP contribution in [0.5, 0.6) is 5.75 Å². The number of rotatable bonds is 4. The van der Waals surface area contributed by atoms with E-state index in [-0.39, 0.29) is 18.3 Å². The molecule has 1 unspecified atom stereocenters. The van der Waals surface area contributed by atoms with Gasteiger partial charge in [-0.1, -0.05) is 6.92 Å². The van der Waals surface area contributed by atoms with Crippen LogP contribution in [0, 0.1) is 5.92 Å². The molecular formula is C18H21F3O3. The predicted molar refractivity (Wildman–Crippen MR) is 84.7 cm³/mol. The Morgan fingerprint density at radius 2 is 1.96 bits per heavy atom. The van der Waals surface area contributed by atoms with Crippen LogP contribution >= 0.6 is 0 Å². The van der Waals surface area contributed by atoms with Crippen molar-refractivity contribution in [1.82, 2.24) is 0 Å². The largest absolute Gasteiger partial charge is 0.496 e. The Labute approximate surface area is 139 Å². The van der Waals surface area contributed by atoms with Gasteiger partial charge in [-0.15, -0.1) is 0 Å². The molecule has 0 bridgehead atoms. The molecule has 0 amide bonds. The Morgan fingerprint density at radius 1 is 1.29 bits per heavy atom. The highest BCUT2D eigenvalue weighted by Crippen LogP contribution is 2.43. The lowest BCUT2D eigenvalue weighted by atomic mass is 9.77. The second-order valence-electron chi connectivity index (χ2n) is 5.78. The molecule has 2 rings (SSSR count). The summed E-state index contributed by atoms with van der Waals surface area (Å²) in [5.41, 5.74) is 1.63. The van der Waals surface area contributed by atoms with E-state index in [1.807, 2.05) is 6.92 Å². The van der Waals surface area contributed by atoms with Crippen LogP contribution in [-0.4, -0.2) is 19.7 Å². The topological polar surface area (TPSA) is 35.5 Å². The predicted octanol–water partition coefficient (Wildman–Crippen LogP) is 4.63. The third-order valence-electron chi connectivity index (χ3n) is 4.40. The number of methoxy groups -OCH3 is 1. The zero-order valence-electron chi connectivity index (χ0n) is 14.2. The minimum atomic E-state index is -4.48. The van der Waals surface area contributed by atoms with Crippen molar-refractivity contribution in [3.8, 4) is 5.75 Å². The molecule has 1 aromatic carbocycles. The molecule has 1 atom stereocenters. The molecule has 1 aliphatic carbocycles. The molecule has 0 saturated carbocycles. The summed E-state index contributed by atoms with van der Waals surface area (Å²) < 4.78 is 49.7. The van der Waals surface area contributed by atoms with E-state index in [1.165, 1.54) is 13.2 Å². The number of hydrogen-bond acceptors (Lipinski definition) is 3. The third kappa shape index (κ3) is 3.28. The van der Waals surface area contributed by atoms with Crippen molar-refractivity contribution in [2.45, 2.75) is 39.8 Å². The maximum absolute atomic E-state index is 13.2. The number of ether oxygens (including phenoxy) is 2. The van der Waals surface area contributed by atoms with Gasteiger partial charge in [-0.25, -0.2) is 4.79 Å². The van der Waals surface area contributed by atoms with E-state index in [4.69, 9.17) is 9.47 Å². The van der Waals surface area contributed by atoms with Gasteiger partial charge in [0.05, 0.1) is 19.3 Å². The van der Waals surface area contributed by atoms with E-state index in [9.17, 15) is 18.0 Å². The highest BCUT2D eigenvalue weighted by Gasteiger charge is 2.37. The van der Waals surface area contributed by atoms with Crippen LogP contribution in [-0.2, 0) is 22.1 Å². The first-order valence-electron chi connectivity index (χ1n) is 7.90. The normalized spacial score (nSPS) is 17.5. The smallest absolute Gasteiger partial charge is 0.419 e. The van der Waals surface area contributed by atoms with E-state index in [2.05, 4.69) is 0 Å². The Morgan fingerprint density at radius 3 is 2.46 bits per heavy atom. The number of carbonyl (C=O) groups excluding carboxylic acids is 1. The number of alkyl halides is 3. The van der Waals surface area contributed by atoms with Crippen molar-refractivity contribution < 1.29 is 27.4 Å². The number of halogens is 3. The monoisotopic (exact) mass is 342 g/mol. The summed E-state index contributed by atoms with van der Waals surface area (Å²) in [5, 5.41) is 0. The molecule has 0 aliphatic heterocycles. The molecule has 1 aromatic rings. The molecule has 3 nitrogen and oxygen atoms in total. The van der Waals surface area contributed by atoms with Crippen LogP contribution in [0.15, 0.2) is 17.7 Å². The molecule has 132 valence electrons. The van der Waals surface area contributed by atoms with E-state index < -0.39 is 17.7 Å². The molecule has 0 spiro atoms. The number of benzene rings is 1. The number of allylic oxidation sites excluding steroid dienone is 1. The van der Waals surface area contributed by atoms with Gasteiger partial charge in [-0.2, -0.15) is 13.2 Å². The number of hydrogen-bond donors (Lipinski definition) is 0. The van der Waals surface area contributed by atoms with Gasteiger partial charge in [0.1, 0.15) is 5.75 Å². The fourth-order valence-corrected chi connectivity index (χ4v) is 3.23. The van der Waals surface area contributed by atoms with Crippen LogP contribution in [0.4, 0.5) is 13.2 Å². The zero-order chi connectivity index (χ0) is 18.1. The van der Waals surface area contributed by atoms with E-state index >= 15 is 0 Å². The summed E-state index contributed by atoms with van der Waals surface area (Å²) in [4.78, 5) is 12.3. The number of esters is 1. The summed E-state index contributed by atoms with van der Waals surface area (Å²) in [6.45, 7) is 5.65. The van der Waals surface area contributed by atoms with Crippen LogP contribution in [0.1, 0.15) is 43.9 Å². The number of carbonyl (C=O) groups is 1. The van der Waals surface area contributed by atoms with Crippen molar-refractivity contribution in [3.05, 3.63) is 34.4 Å². The Hall–Kier alpha value is -1.98. The minimum Gasteiger partial charge on any atom is -0.496 e. The fourth-order valence-electron chi connectivity index (χ4n) is 3.23. The highest BCUT2D eigenvalue weighted by molar-refractivity contribution is 5.99. The van der Waals surface area contributed by atoms with E-state index in [1.54, 1.807) is 13.8 Å². The Bertz CT molecular complexity index is 675. The Kier molecular flexibility index (Phi) is 5.26.